The Hall–Kier alpha value is -0.900. The highest BCUT2D eigenvalue weighted by atomic mass is 16.6. The van der Waals surface area contributed by atoms with Crippen LogP contribution < -0.4 is 5.73 Å². The van der Waals surface area contributed by atoms with Crippen LogP contribution in [0.4, 0.5) is 0 Å². The van der Waals surface area contributed by atoms with Gasteiger partial charge in [0.1, 0.15) is 11.4 Å². The number of ether oxygens (including phenoxy) is 1. The molecule has 0 aromatic rings. The number of rotatable bonds is 2. The van der Waals surface area contributed by atoms with Gasteiger partial charge in [-0.2, -0.15) is 0 Å². The highest BCUT2D eigenvalue weighted by molar-refractivity contribution is 5.84. The van der Waals surface area contributed by atoms with Crippen molar-refractivity contribution in [2.75, 3.05) is 6.54 Å². The quantitative estimate of drug-likeness (QED) is 0.724. The lowest BCUT2D eigenvalue weighted by Crippen LogP contribution is -2.45. The van der Waals surface area contributed by atoms with Gasteiger partial charge in [0.25, 0.3) is 0 Å². The zero-order chi connectivity index (χ0) is 12.4. The van der Waals surface area contributed by atoms with E-state index in [4.69, 9.17) is 10.5 Å². The fourth-order valence-corrected chi connectivity index (χ4v) is 1.89. The van der Waals surface area contributed by atoms with Crippen LogP contribution in [-0.4, -0.2) is 23.9 Å². The van der Waals surface area contributed by atoms with Gasteiger partial charge in [0.2, 0.25) is 0 Å². The maximum absolute atomic E-state index is 12.1. The van der Waals surface area contributed by atoms with Gasteiger partial charge in [-0.3, -0.25) is 9.59 Å². The van der Waals surface area contributed by atoms with E-state index in [1.807, 2.05) is 20.8 Å². The van der Waals surface area contributed by atoms with Crippen LogP contribution in [0.1, 0.15) is 46.5 Å². The van der Waals surface area contributed by atoms with Crippen molar-refractivity contribution in [2.45, 2.75) is 52.1 Å². The number of hydrogen-bond acceptors (Lipinski definition) is 4. The highest BCUT2D eigenvalue weighted by Gasteiger charge is 2.43. The molecule has 1 aliphatic rings. The lowest BCUT2D eigenvalue weighted by Gasteiger charge is -2.35. The smallest absolute Gasteiger partial charge is 0.313 e. The van der Waals surface area contributed by atoms with Gasteiger partial charge in [-0.25, -0.2) is 0 Å². The number of Topliss-reactive ketones (excluding diaryl/α,β-unsaturated/α-hetero) is 1. The Labute approximate surface area is 96.5 Å². The summed E-state index contributed by atoms with van der Waals surface area (Å²) < 4.78 is 5.38. The first-order chi connectivity index (χ1) is 7.29. The minimum absolute atomic E-state index is 0.215. The molecule has 0 radical (unpaired) electrons. The van der Waals surface area contributed by atoms with Crippen LogP contribution in [0.2, 0.25) is 0 Å². The first-order valence-electron chi connectivity index (χ1n) is 5.74. The molecular formula is C12H21NO3. The fourth-order valence-electron chi connectivity index (χ4n) is 1.89. The molecule has 0 unspecified atom stereocenters. The van der Waals surface area contributed by atoms with E-state index in [0.29, 0.717) is 25.7 Å². The third-order valence-electron chi connectivity index (χ3n) is 2.99. The van der Waals surface area contributed by atoms with Crippen molar-refractivity contribution in [1.82, 2.24) is 0 Å². The van der Waals surface area contributed by atoms with Crippen LogP contribution in [0, 0.1) is 5.41 Å². The number of nitrogens with two attached hydrogens (primary N) is 1. The molecule has 16 heavy (non-hydrogen) atoms. The first-order valence-corrected chi connectivity index (χ1v) is 5.74. The van der Waals surface area contributed by atoms with Gasteiger partial charge in [0.15, 0.2) is 0 Å². The predicted molar refractivity (Wildman–Crippen MR) is 60.8 cm³/mol. The van der Waals surface area contributed by atoms with Crippen LogP contribution in [0.15, 0.2) is 0 Å². The monoisotopic (exact) mass is 227 g/mol. The maximum Gasteiger partial charge on any atom is 0.313 e. The van der Waals surface area contributed by atoms with E-state index in [9.17, 15) is 9.59 Å². The van der Waals surface area contributed by atoms with Crippen molar-refractivity contribution >= 4 is 11.8 Å². The number of ketones is 1. The average molecular weight is 227 g/mol. The lowest BCUT2D eigenvalue weighted by molar-refractivity contribution is -0.169. The second kappa shape index (κ2) is 4.53. The minimum atomic E-state index is -0.638. The Morgan fingerprint density at radius 2 is 1.88 bits per heavy atom. The summed E-state index contributed by atoms with van der Waals surface area (Å²) in [7, 11) is 0. The number of carbonyl (C=O) groups excluding carboxylic acids is 2. The molecule has 0 spiro atoms. The van der Waals surface area contributed by atoms with Crippen LogP contribution in [0.25, 0.3) is 0 Å². The summed E-state index contributed by atoms with van der Waals surface area (Å²) in [5.41, 5.74) is 4.55. The van der Waals surface area contributed by atoms with Crippen molar-refractivity contribution < 1.29 is 14.3 Å². The summed E-state index contributed by atoms with van der Waals surface area (Å²) in [6.45, 7) is 5.77. The predicted octanol–water partition coefficient (Wildman–Crippen LogP) is 1.42. The van der Waals surface area contributed by atoms with Crippen molar-refractivity contribution in [3.05, 3.63) is 0 Å². The summed E-state index contributed by atoms with van der Waals surface area (Å²) in [6, 6.07) is 0. The van der Waals surface area contributed by atoms with Gasteiger partial charge in [-0.15, -0.1) is 0 Å². The molecule has 0 aromatic heterocycles. The summed E-state index contributed by atoms with van der Waals surface area (Å²) >= 11 is 0. The Balaban J connectivity index is 2.73. The van der Waals surface area contributed by atoms with Gasteiger partial charge >= 0.3 is 5.97 Å². The normalized spacial score (nSPS) is 20.6. The minimum Gasteiger partial charge on any atom is -0.460 e. The molecule has 1 aliphatic carbocycles. The third-order valence-corrected chi connectivity index (χ3v) is 2.99. The highest BCUT2D eigenvalue weighted by Crippen LogP contribution is 2.36. The molecule has 0 aromatic carbocycles. The molecule has 0 amide bonds. The van der Waals surface area contributed by atoms with Crippen LogP contribution in [-0.2, 0) is 14.3 Å². The van der Waals surface area contributed by atoms with E-state index >= 15 is 0 Å². The number of esters is 1. The van der Waals surface area contributed by atoms with Gasteiger partial charge in [-0.1, -0.05) is 0 Å². The van der Waals surface area contributed by atoms with E-state index in [0.717, 1.165) is 0 Å². The molecule has 92 valence electrons. The van der Waals surface area contributed by atoms with Crippen molar-refractivity contribution in [2.24, 2.45) is 11.1 Å². The van der Waals surface area contributed by atoms with Crippen molar-refractivity contribution in [1.29, 1.82) is 0 Å². The molecular weight excluding hydrogens is 206 g/mol. The second-order valence-electron chi connectivity index (χ2n) is 5.53. The van der Waals surface area contributed by atoms with Crippen molar-refractivity contribution in [3.63, 3.8) is 0 Å². The van der Waals surface area contributed by atoms with Crippen LogP contribution in [0.3, 0.4) is 0 Å². The third kappa shape index (κ3) is 3.04. The molecule has 0 heterocycles. The Bertz CT molecular complexity index is 281. The lowest BCUT2D eigenvalue weighted by atomic mass is 9.73. The molecule has 1 rings (SSSR count). The van der Waals surface area contributed by atoms with E-state index < -0.39 is 11.0 Å². The molecule has 0 atom stereocenters. The van der Waals surface area contributed by atoms with Crippen LogP contribution >= 0.6 is 0 Å². The Kier molecular flexibility index (Phi) is 3.73. The molecule has 4 nitrogen and oxygen atoms in total. The number of hydrogen-bond donors (Lipinski definition) is 1. The van der Waals surface area contributed by atoms with Gasteiger partial charge < -0.3 is 10.5 Å². The summed E-state index contributed by atoms with van der Waals surface area (Å²) in [4.78, 5) is 23.2. The molecule has 0 saturated heterocycles. The summed E-state index contributed by atoms with van der Waals surface area (Å²) in [5.74, 6) is -0.0392. The average Bonchev–Trinajstić information content (AvgIpc) is 2.17. The van der Waals surface area contributed by atoms with E-state index in [1.165, 1.54) is 0 Å². The zero-order valence-electron chi connectivity index (χ0n) is 10.3. The SMILES string of the molecule is CC(C)(C)OC(=O)C1(CN)CCC(=O)CC1. The van der Waals surface area contributed by atoms with E-state index in [2.05, 4.69) is 0 Å². The standard InChI is InChI=1S/C12H21NO3/c1-11(2,3)16-10(15)12(8-13)6-4-9(14)5-7-12/h4-8,13H2,1-3H3. The maximum atomic E-state index is 12.1. The zero-order valence-corrected chi connectivity index (χ0v) is 10.3. The Morgan fingerprint density at radius 3 is 2.25 bits per heavy atom. The summed E-state index contributed by atoms with van der Waals surface area (Å²) in [5, 5.41) is 0. The number of carbonyl (C=O) groups is 2. The Morgan fingerprint density at radius 1 is 1.38 bits per heavy atom. The summed E-state index contributed by atoms with van der Waals surface area (Å²) in [6.07, 6.45) is 1.93. The topological polar surface area (TPSA) is 69.4 Å². The van der Waals surface area contributed by atoms with Gasteiger partial charge in [-0.05, 0) is 33.6 Å². The second-order valence-corrected chi connectivity index (χ2v) is 5.53. The van der Waals surface area contributed by atoms with Gasteiger partial charge in [0, 0.05) is 19.4 Å². The van der Waals surface area contributed by atoms with Gasteiger partial charge in [0.05, 0.1) is 5.41 Å². The molecule has 2 N–H and O–H groups in total. The van der Waals surface area contributed by atoms with E-state index in [1.54, 1.807) is 0 Å². The molecule has 0 aliphatic heterocycles. The van der Waals surface area contributed by atoms with Crippen LogP contribution in [0.5, 0.6) is 0 Å². The largest absolute Gasteiger partial charge is 0.460 e. The van der Waals surface area contributed by atoms with Crippen molar-refractivity contribution in [3.8, 4) is 0 Å². The first kappa shape index (κ1) is 13.2. The molecule has 4 heteroatoms. The molecule has 1 fully saturated rings. The molecule has 1 saturated carbocycles. The molecule has 0 bridgehead atoms. The fraction of sp³-hybridized carbons (Fsp3) is 0.833. The van der Waals surface area contributed by atoms with E-state index in [-0.39, 0.29) is 18.3 Å².